The van der Waals surface area contributed by atoms with Gasteiger partial charge in [0.25, 0.3) is 0 Å². The third kappa shape index (κ3) is 6.70. The van der Waals surface area contributed by atoms with Crippen LogP contribution in [-0.2, 0) is 16.4 Å². The molecule has 0 aromatic heterocycles. The fourth-order valence-corrected chi connectivity index (χ4v) is 2.71. The van der Waals surface area contributed by atoms with E-state index in [1.165, 1.54) is 0 Å². The molecule has 0 unspecified atom stereocenters. The second-order valence-corrected chi connectivity index (χ2v) is 7.17. The van der Waals surface area contributed by atoms with Gasteiger partial charge in [-0.2, -0.15) is 0 Å². The molecule has 2 rings (SSSR count). The molecule has 0 aliphatic carbocycles. The predicted octanol–water partition coefficient (Wildman–Crippen LogP) is 2.81. The Morgan fingerprint density at radius 1 is 0.958 bits per heavy atom. The molecule has 0 radical (unpaired) electrons. The normalized spacial score (nSPS) is 10.9. The number of benzene rings is 2. The summed E-state index contributed by atoms with van der Waals surface area (Å²) in [6.07, 6.45) is 2.71. The Bertz CT molecular complexity index is 759. The van der Waals surface area contributed by atoms with Gasteiger partial charge in [0.1, 0.15) is 0 Å². The Morgan fingerprint density at radius 3 is 2.25 bits per heavy atom. The van der Waals surface area contributed by atoms with Crippen molar-refractivity contribution in [2.45, 2.75) is 12.8 Å². The number of rotatable bonds is 7. The van der Waals surface area contributed by atoms with Crippen LogP contribution in [0.4, 0.5) is 16.2 Å². The van der Waals surface area contributed by atoms with Crippen molar-refractivity contribution in [3.8, 4) is 0 Å². The first-order valence-corrected chi connectivity index (χ1v) is 9.48. The highest BCUT2D eigenvalue weighted by molar-refractivity contribution is 7.92. The highest BCUT2D eigenvalue weighted by atomic mass is 32.2. The topological polar surface area (TPSA) is 87.3 Å². The molecule has 0 atom stereocenters. The van der Waals surface area contributed by atoms with Crippen LogP contribution in [0.5, 0.6) is 0 Å². The third-order valence-electron chi connectivity index (χ3n) is 3.22. The molecule has 0 aliphatic rings. The molecule has 6 nitrogen and oxygen atoms in total. The molecule has 0 saturated heterocycles. The first-order chi connectivity index (χ1) is 11.4. The minimum absolute atomic E-state index is 0.228. The number of anilines is 2. The number of para-hydroxylation sites is 1. The van der Waals surface area contributed by atoms with Crippen LogP contribution in [0.25, 0.3) is 0 Å². The van der Waals surface area contributed by atoms with Crippen molar-refractivity contribution in [2.24, 2.45) is 0 Å². The zero-order valence-electron chi connectivity index (χ0n) is 13.5. The Hall–Kier alpha value is -2.54. The van der Waals surface area contributed by atoms with Gasteiger partial charge in [0.2, 0.25) is 10.0 Å². The predicted molar refractivity (Wildman–Crippen MR) is 96.7 cm³/mol. The maximum absolute atomic E-state index is 11.7. The maximum Gasteiger partial charge on any atom is 0.319 e. The smallest absolute Gasteiger partial charge is 0.319 e. The van der Waals surface area contributed by atoms with E-state index in [2.05, 4.69) is 15.4 Å². The maximum atomic E-state index is 11.7. The fourth-order valence-electron chi connectivity index (χ4n) is 2.14. The molecular formula is C17H21N3O3S. The number of amides is 2. The molecule has 24 heavy (non-hydrogen) atoms. The average molecular weight is 347 g/mol. The molecule has 0 saturated carbocycles. The van der Waals surface area contributed by atoms with E-state index in [0.29, 0.717) is 12.2 Å². The van der Waals surface area contributed by atoms with Crippen LogP contribution >= 0.6 is 0 Å². The van der Waals surface area contributed by atoms with Gasteiger partial charge in [-0.15, -0.1) is 0 Å². The van der Waals surface area contributed by atoms with Crippen LogP contribution in [-0.4, -0.2) is 27.2 Å². The lowest BCUT2D eigenvalue weighted by molar-refractivity contribution is 0.252. The van der Waals surface area contributed by atoms with Gasteiger partial charge in [0, 0.05) is 17.9 Å². The SMILES string of the molecule is CS(=O)(=O)Nc1ccc(CCCNC(=O)Nc2ccccc2)cc1. The van der Waals surface area contributed by atoms with Gasteiger partial charge in [-0.1, -0.05) is 30.3 Å². The van der Waals surface area contributed by atoms with Crippen molar-refractivity contribution in [1.29, 1.82) is 0 Å². The number of hydrogen-bond acceptors (Lipinski definition) is 3. The molecule has 0 aliphatic heterocycles. The van der Waals surface area contributed by atoms with Crippen LogP contribution < -0.4 is 15.4 Å². The summed E-state index contributed by atoms with van der Waals surface area (Å²) in [7, 11) is -3.25. The van der Waals surface area contributed by atoms with Crippen molar-refractivity contribution >= 4 is 27.4 Å². The molecular weight excluding hydrogens is 326 g/mol. The van der Waals surface area contributed by atoms with E-state index in [0.717, 1.165) is 30.3 Å². The van der Waals surface area contributed by atoms with Gasteiger partial charge < -0.3 is 10.6 Å². The van der Waals surface area contributed by atoms with Gasteiger partial charge in [-0.25, -0.2) is 13.2 Å². The van der Waals surface area contributed by atoms with Gasteiger partial charge in [-0.3, -0.25) is 4.72 Å². The van der Waals surface area contributed by atoms with Crippen molar-refractivity contribution in [3.63, 3.8) is 0 Å². The van der Waals surface area contributed by atoms with E-state index in [-0.39, 0.29) is 6.03 Å². The van der Waals surface area contributed by atoms with Gasteiger partial charge >= 0.3 is 6.03 Å². The lowest BCUT2D eigenvalue weighted by Gasteiger charge is -2.08. The van der Waals surface area contributed by atoms with Crippen molar-refractivity contribution in [1.82, 2.24) is 5.32 Å². The van der Waals surface area contributed by atoms with E-state index in [4.69, 9.17) is 0 Å². The first kappa shape index (κ1) is 17.8. The zero-order chi connectivity index (χ0) is 17.4. The second kappa shape index (κ2) is 8.35. The molecule has 0 spiro atoms. The van der Waals surface area contributed by atoms with E-state index in [1.54, 1.807) is 12.1 Å². The molecule has 2 amide bonds. The van der Waals surface area contributed by atoms with Crippen molar-refractivity contribution in [2.75, 3.05) is 22.8 Å². The monoisotopic (exact) mass is 347 g/mol. The molecule has 0 heterocycles. The summed E-state index contributed by atoms with van der Waals surface area (Å²) < 4.78 is 24.7. The number of nitrogens with one attached hydrogen (secondary N) is 3. The molecule has 3 N–H and O–H groups in total. The fraction of sp³-hybridized carbons (Fsp3) is 0.235. The second-order valence-electron chi connectivity index (χ2n) is 5.42. The Morgan fingerprint density at radius 2 is 1.62 bits per heavy atom. The van der Waals surface area contributed by atoms with Gasteiger partial charge in [0.05, 0.1) is 6.26 Å². The number of hydrogen-bond donors (Lipinski definition) is 3. The van der Waals surface area contributed by atoms with Gasteiger partial charge in [-0.05, 0) is 42.7 Å². The van der Waals surface area contributed by atoms with Crippen LogP contribution in [0.2, 0.25) is 0 Å². The molecule has 7 heteroatoms. The molecule has 128 valence electrons. The quantitative estimate of drug-likeness (QED) is 0.673. The third-order valence-corrected chi connectivity index (χ3v) is 3.82. The van der Waals surface area contributed by atoms with Crippen LogP contribution in [0, 0.1) is 0 Å². The summed E-state index contributed by atoms with van der Waals surface area (Å²) in [4.78, 5) is 11.7. The standard InChI is InChI=1S/C17H21N3O3S/c1-24(22,23)20-16-11-9-14(10-12-16)6-5-13-18-17(21)19-15-7-3-2-4-8-15/h2-4,7-12,20H,5-6,13H2,1H3,(H2,18,19,21). The van der Waals surface area contributed by atoms with E-state index in [1.807, 2.05) is 42.5 Å². The van der Waals surface area contributed by atoms with E-state index >= 15 is 0 Å². The number of carbonyl (C=O) groups is 1. The summed E-state index contributed by atoms with van der Waals surface area (Å²) >= 11 is 0. The van der Waals surface area contributed by atoms with Crippen LogP contribution in [0.3, 0.4) is 0 Å². The number of sulfonamides is 1. The Labute approximate surface area is 142 Å². The van der Waals surface area contributed by atoms with Gasteiger partial charge in [0.15, 0.2) is 0 Å². The first-order valence-electron chi connectivity index (χ1n) is 7.59. The molecule has 0 bridgehead atoms. The van der Waals surface area contributed by atoms with E-state index in [9.17, 15) is 13.2 Å². The molecule has 2 aromatic rings. The van der Waals surface area contributed by atoms with E-state index < -0.39 is 10.0 Å². The number of urea groups is 1. The summed E-state index contributed by atoms with van der Waals surface area (Å²) in [5, 5.41) is 5.56. The lowest BCUT2D eigenvalue weighted by Crippen LogP contribution is -2.29. The summed E-state index contributed by atoms with van der Waals surface area (Å²) in [6.45, 7) is 0.558. The largest absolute Gasteiger partial charge is 0.338 e. The highest BCUT2D eigenvalue weighted by Crippen LogP contribution is 2.12. The molecule has 2 aromatic carbocycles. The Kier molecular flexibility index (Phi) is 6.20. The number of carbonyl (C=O) groups excluding carboxylic acids is 1. The Balaban J connectivity index is 1.69. The number of aryl methyl sites for hydroxylation is 1. The minimum atomic E-state index is -3.25. The summed E-state index contributed by atoms with van der Waals surface area (Å²) in [5.41, 5.74) is 2.38. The summed E-state index contributed by atoms with van der Waals surface area (Å²) in [6, 6.07) is 16.2. The van der Waals surface area contributed by atoms with Crippen molar-refractivity contribution < 1.29 is 13.2 Å². The minimum Gasteiger partial charge on any atom is -0.338 e. The highest BCUT2D eigenvalue weighted by Gasteiger charge is 2.02. The van der Waals surface area contributed by atoms with Crippen LogP contribution in [0.15, 0.2) is 54.6 Å². The molecule has 0 fully saturated rings. The van der Waals surface area contributed by atoms with Crippen molar-refractivity contribution in [3.05, 3.63) is 60.2 Å². The summed E-state index contributed by atoms with van der Waals surface area (Å²) in [5.74, 6) is 0. The lowest BCUT2D eigenvalue weighted by atomic mass is 10.1. The zero-order valence-corrected chi connectivity index (χ0v) is 14.3. The van der Waals surface area contributed by atoms with Crippen LogP contribution in [0.1, 0.15) is 12.0 Å². The average Bonchev–Trinajstić information content (AvgIpc) is 2.53.